The van der Waals surface area contributed by atoms with E-state index in [2.05, 4.69) is 4.52 Å². The topological polar surface area (TPSA) is 116 Å². The number of aliphatic hydroxyl groups excluding tert-OH is 2. The number of ether oxygens (including phenoxy) is 1. The number of hydrogen-bond acceptors (Lipinski definition) is 5. The van der Waals surface area contributed by atoms with Gasteiger partial charge >= 0.3 is 7.82 Å². The number of hydrogen-bond donors (Lipinski definition) is 4. The van der Waals surface area contributed by atoms with Crippen molar-refractivity contribution in [3.05, 3.63) is 0 Å². The molecule has 1 fully saturated rings. The Morgan fingerprint density at radius 3 is 2.54 bits per heavy atom. The van der Waals surface area contributed by atoms with Crippen LogP contribution in [-0.4, -0.2) is 45.1 Å². The molecule has 1 rings (SSSR count). The molecule has 0 aromatic heterocycles. The third-order valence-corrected chi connectivity index (χ3v) is 2.13. The second-order valence-corrected chi connectivity index (χ2v) is 3.88. The van der Waals surface area contributed by atoms with E-state index in [9.17, 15) is 4.57 Å². The van der Waals surface area contributed by atoms with Gasteiger partial charge in [-0.3, -0.25) is 4.52 Å². The van der Waals surface area contributed by atoms with Gasteiger partial charge in [0.05, 0.1) is 12.7 Å². The van der Waals surface area contributed by atoms with Crippen LogP contribution in [0.1, 0.15) is 6.42 Å². The van der Waals surface area contributed by atoms with Gasteiger partial charge in [-0.1, -0.05) is 0 Å². The van der Waals surface area contributed by atoms with E-state index in [0.29, 0.717) is 0 Å². The van der Waals surface area contributed by atoms with Gasteiger partial charge in [-0.2, -0.15) is 0 Å². The monoisotopic (exact) mass is 214 g/mol. The van der Waals surface area contributed by atoms with Crippen LogP contribution in [0.5, 0.6) is 0 Å². The van der Waals surface area contributed by atoms with Crippen LogP contribution in [0.25, 0.3) is 0 Å². The Balaban J connectivity index is 2.45. The molecule has 1 aliphatic heterocycles. The Kier molecular flexibility index (Phi) is 3.42. The number of rotatable bonds is 3. The summed E-state index contributed by atoms with van der Waals surface area (Å²) >= 11 is 0. The van der Waals surface area contributed by atoms with Gasteiger partial charge < -0.3 is 24.7 Å². The summed E-state index contributed by atoms with van der Waals surface area (Å²) in [6.07, 6.45) is -3.01. The van der Waals surface area contributed by atoms with E-state index in [4.69, 9.17) is 24.7 Å². The van der Waals surface area contributed by atoms with E-state index in [1.807, 2.05) is 0 Å². The normalized spacial score (nSPS) is 35.2. The molecule has 0 spiro atoms. The molecule has 13 heavy (non-hydrogen) atoms. The second kappa shape index (κ2) is 4.02. The van der Waals surface area contributed by atoms with Gasteiger partial charge in [-0.05, 0) is 0 Å². The predicted octanol–water partition coefficient (Wildman–Crippen LogP) is -1.44. The average molecular weight is 214 g/mol. The van der Waals surface area contributed by atoms with E-state index >= 15 is 0 Å². The van der Waals surface area contributed by atoms with Gasteiger partial charge in [0.1, 0.15) is 6.10 Å². The maximum atomic E-state index is 10.3. The lowest BCUT2D eigenvalue weighted by Gasteiger charge is -2.12. The van der Waals surface area contributed by atoms with Crippen molar-refractivity contribution in [3.8, 4) is 0 Å². The Morgan fingerprint density at radius 2 is 2.15 bits per heavy atom. The van der Waals surface area contributed by atoms with Crippen LogP contribution < -0.4 is 0 Å². The first-order valence-electron chi connectivity index (χ1n) is 3.60. The van der Waals surface area contributed by atoms with Crippen LogP contribution in [0, 0.1) is 0 Å². The molecule has 0 aliphatic carbocycles. The lowest BCUT2D eigenvalue weighted by molar-refractivity contribution is -0.102. The van der Waals surface area contributed by atoms with Crippen molar-refractivity contribution in [3.63, 3.8) is 0 Å². The molecular formula is C5H11O7P. The van der Waals surface area contributed by atoms with Crippen LogP contribution >= 0.6 is 7.82 Å². The maximum absolute atomic E-state index is 10.3. The fourth-order valence-corrected chi connectivity index (χ4v) is 1.52. The molecule has 8 heteroatoms. The van der Waals surface area contributed by atoms with Crippen LogP contribution in [0.4, 0.5) is 0 Å². The molecule has 7 nitrogen and oxygen atoms in total. The Morgan fingerprint density at radius 1 is 1.54 bits per heavy atom. The largest absolute Gasteiger partial charge is 0.471 e. The van der Waals surface area contributed by atoms with Crippen molar-refractivity contribution in [2.24, 2.45) is 0 Å². The summed E-state index contributed by atoms with van der Waals surface area (Å²) in [5.41, 5.74) is 0. The molecule has 3 unspecified atom stereocenters. The summed E-state index contributed by atoms with van der Waals surface area (Å²) in [6.45, 7) is -0.414. The molecule has 0 amide bonds. The fourth-order valence-electron chi connectivity index (χ4n) is 1.08. The lowest BCUT2D eigenvalue weighted by atomic mass is 10.2. The van der Waals surface area contributed by atoms with Gasteiger partial charge in [-0.25, -0.2) is 4.57 Å². The molecule has 0 aromatic carbocycles. The molecule has 0 saturated carbocycles. The summed E-state index contributed by atoms with van der Waals surface area (Å²) in [5.74, 6) is 0. The predicted molar refractivity (Wildman–Crippen MR) is 39.5 cm³/mol. The van der Waals surface area contributed by atoms with Gasteiger partial charge in [-0.15, -0.1) is 0 Å². The summed E-state index contributed by atoms with van der Waals surface area (Å²) in [4.78, 5) is 16.8. The highest BCUT2D eigenvalue weighted by Gasteiger charge is 2.37. The summed E-state index contributed by atoms with van der Waals surface area (Å²) in [6, 6.07) is 0. The molecule has 0 aromatic rings. The molecule has 3 atom stereocenters. The van der Waals surface area contributed by atoms with Crippen LogP contribution in [-0.2, 0) is 13.8 Å². The van der Waals surface area contributed by atoms with Crippen LogP contribution in [0.2, 0.25) is 0 Å². The van der Waals surface area contributed by atoms with Crippen molar-refractivity contribution >= 4 is 7.82 Å². The second-order valence-electron chi connectivity index (χ2n) is 2.69. The van der Waals surface area contributed by atoms with Crippen LogP contribution in [0.3, 0.4) is 0 Å². The van der Waals surface area contributed by atoms with E-state index in [1.165, 1.54) is 0 Å². The zero-order valence-corrected chi connectivity index (χ0v) is 7.50. The lowest BCUT2D eigenvalue weighted by Crippen LogP contribution is -2.24. The molecule has 1 heterocycles. The highest BCUT2D eigenvalue weighted by atomic mass is 31.2. The highest BCUT2D eigenvalue weighted by Crippen LogP contribution is 2.40. The minimum Gasteiger partial charge on any atom is -0.394 e. The molecule has 0 radical (unpaired) electrons. The molecule has 0 bridgehead atoms. The number of aliphatic hydroxyl groups is 2. The molecule has 1 saturated heterocycles. The van der Waals surface area contributed by atoms with Gasteiger partial charge in [0.2, 0.25) is 0 Å². The van der Waals surface area contributed by atoms with E-state index < -0.39 is 32.9 Å². The van der Waals surface area contributed by atoms with Crippen molar-refractivity contribution in [1.82, 2.24) is 0 Å². The molecule has 1 aliphatic rings. The Hall–Kier alpha value is -0.0100. The number of phosphoric ester groups is 1. The summed E-state index contributed by atoms with van der Waals surface area (Å²) in [7, 11) is -4.60. The third kappa shape index (κ3) is 3.32. The first-order chi connectivity index (χ1) is 5.92. The first kappa shape index (κ1) is 11.1. The molecular weight excluding hydrogens is 203 g/mol. The highest BCUT2D eigenvalue weighted by molar-refractivity contribution is 7.46. The SMILES string of the molecule is O=P(O)(O)OC1CC(O)C(CO)O1. The van der Waals surface area contributed by atoms with Crippen molar-refractivity contribution in [1.29, 1.82) is 0 Å². The smallest absolute Gasteiger partial charge is 0.394 e. The minimum atomic E-state index is -4.60. The Labute approximate surface area is 74.1 Å². The minimum absolute atomic E-state index is 0.0592. The summed E-state index contributed by atoms with van der Waals surface area (Å²) < 4.78 is 19.3. The van der Waals surface area contributed by atoms with Gasteiger partial charge in [0.15, 0.2) is 6.29 Å². The van der Waals surface area contributed by atoms with Crippen molar-refractivity contribution in [2.45, 2.75) is 24.9 Å². The van der Waals surface area contributed by atoms with Crippen LogP contribution in [0.15, 0.2) is 0 Å². The fraction of sp³-hybridized carbons (Fsp3) is 1.00. The summed E-state index contributed by atoms with van der Waals surface area (Å²) in [5, 5.41) is 17.8. The van der Waals surface area contributed by atoms with E-state index in [0.717, 1.165) is 0 Å². The quantitative estimate of drug-likeness (QED) is 0.425. The van der Waals surface area contributed by atoms with Crippen molar-refractivity contribution < 1.29 is 33.8 Å². The third-order valence-electron chi connectivity index (χ3n) is 1.62. The van der Waals surface area contributed by atoms with E-state index in [1.54, 1.807) is 0 Å². The van der Waals surface area contributed by atoms with Gasteiger partial charge in [0, 0.05) is 6.42 Å². The zero-order valence-electron chi connectivity index (χ0n) is 6.61. The molecule has 78 valence electrons. The first-order valence-corrected chi connectivity index (χ1v) is 5.14. The average Bonchev–Trinajstić information content (AvgIpc) is 2.26. The Bertz CT molecular complexity index is 213. The standard InChI is InChI=1S/C5H11O7P/c6-2-4-3(7)1-5(11-4)12-13(8,9)10/h3-7H,1-2H2,(H2,8,9,10). The maximum Gasteiger partial charge on any atom is 0.471 e. The van der Waals surface area contributed by atoms with Crippen molar-refractivity contribution in [2.75, 3.05) is 6.61 Å². The zero-order chi connectivity index (χ0) is 10.1. The van der Waals surface area contributed by atoms with E-state index in [-0.39, 0.29) is 6.42 Å². The molecule has 4 N–H and O–H groups in total. The van der Waals surface area contributed by atoms with Gasteiger partial charge in [0.25, 0.3) is 0 Å². The number of phosphoric acid groups is 1.